The molecule has 142 valence electrons. The maximum absolute atomic E-state index is 14.9. The minimum absolute atomic E-state index is 0.0696. The Morgan fingerprint density at radius 1 is 1.26 bits per heavy atom. The fraction of sp³-hybridized carbons (Fsp3) is 0.435. The molecule has 2 N–H and O–H groups in total. The molecule has 27 heavy (non-hydrogen) atoms. The third-order valence-corrected chi connectivity index (χ3v) is 5.96. The summed E-state index contributed by atoms with van der Waals surface area (Å²) >= 11 is 0. The Balaban J connectivity index is 1.49. The zero-order valence-corrected chi connectivity index (χ0v) is 16.1. The number of nitrogens with zero attached hydrogens (tertiary/aromatic N) is 1. The quantitative estimate of drug-likeness (QED) is 0.718. The van der Waals surface area contributed by atoms with Gasteiger partial charge in [0.2, 0.25) is 0 Å². The van der Waals surface area contributed by atoms with E-state index in [9.17, 15) is 4.39 Å². The summed E-state index contributed by atoms with van der Waals surface area (Å²) in [6.45, 7) is 4.26. The van der Waals surface area contributed by atoms with Crippen LogP contribution in [0.2, 0.25) is 0 Å². The van der Waals surface area contributed by atoms with Crippen molar-refractivity contribution >= 4 is 0 Å². The van der Waals surface area contributed by atoms with Crippen LogP contribution in [0.1, 0.15) is 69.2 Å². The fourth-order valence-corrected chi connectivity index (χ4v) is 3.90. The number of hydrogen-bond acceptors (Lipinski definition) is 3. The van der Waals surface area contributed by atoms with Gasteiger partial charge in [-0.25, -0.2) is 4.39 Å². The smallest absolute Gasteiger partial charge is 0.131 e. The number of pyridine rings is 1. The normalized spacial score (nSPS) is 20.6. The molecule has 1 saturated carbocycles. The standard InChI is InChI=1S/C23H28FN3/c1-3-19-13-20(14-26-19)27-15(2)17-7-8-21(22(24)11-17)18-9-10-25-23(12-18)16-5-4-6-16/h7-12,14-16,19,26-27H,3-6,13H2,1-2H3. The summed E-state index contributed by atoms with van der Waals surface area (Å²) in [4.78, 5) is 4.49. The molecule has 1 aliphatic carbocycles. The molecular weight excluding hydrogens is 337 g/mol. The van der Waals surface area contributed by atoms with Crippen LogP contribution in [-0.4, -0.2) is 11.0 Å². The van der Waals surface area contributed by atoms with E-state index >= 15 is 0 Å². The van der Waals surface area contributed by atoms with Crippen molar-refractivity contribution < 1.29 is 4.39 Å². The number of aromatic nitrogens is 1. The summed E-state index contributed by atoms with van der Waals surface area (Å²) in [5.74, 6) is 0.383. The van der Waals surface area contributed by atoms with E-state index in [1.165, 1.54) is 25.0 Å². The van der Waals surface area contributed by atoms with Crippen LogP contribution in [0.5, 0.6) is 0 Å². The maximum Gasteiger partial charge on any atom is 0.131 e. The molecule has 4 rings (SSSR count). The predicted octanol–water partition coefficient (Wildman–Crippen LogP) is 5.42. The highest BCUT2D eigenvalue weighted by Gasteiger charge is 2.21. The van der Waals surface area contributed by atoms with Crippen LogP contribution < -0.4 is 10.6 Å². The second-order valence-electron chi connectivity index (χ2n) is 7.85. The Kier molecular flexibility index (Phi) is 5.15. The van der Waals surface area contributed by atoms with E-state index in [0.717, 1.165) is 29.7 Å². The van der Waals surface area contributed by atoms with Crippen molar-refractivity contribution in [1.29, 1.82) is 0 Å². The van der Waals surface area contributed by atoms with Gasteiger partial charge in [-0.1, -0.05) is 25.5 Å². The van der Waals surface area contributed by atoms with Gasteiger partial charge in [-0.05, 0) is 55.5 Å². The third kappa shape index (κ3) is 3.85. The zero-order chi connectivity index (χ0) is 18.8. The highest BCUT2D eigenvalue weighted by Crippen LogP contribution is 2.37. The zero-order valence-electron chi connectivity index (χ0n) is 16.1. The maximum atomic E-state index is 14.9. The molecule has 2 atom stereocenters. The summed E-state index contributed by atoms with van der Waals surface area (Å²) in [6, 6.07) is 10.1. The highest BCUT2D eigenvalue weighted by molar-refractivity contribution is 5.65. The Labute approximate surface area is 161 Å². The van der Waals surface area contributed by atoms with E-state index < -0.39 is 0 Å². The number of nitrogens with one attached hydrogen (secondary N) is 2. The van der Waals surface area contributed by atoms with Crippen LogP contribution in [0, 0.1) is 5.82 Å². The van der Waals surface area contributed by atoms with Crippen LogP contribution in [0.25, 0.3) is 11.1 Å². The van der Waals surface area contributed by atoms with E-state index in [-0.39, 0.29) is 11.9 Å². The van der Waals surface area contributed by atoms with Gasteiger partial charge in [-0.3, -0.25) is 4.98 Å². The van der Waals surface area contributed by atoms with Crippen molar-refractivity contribution in [3.63, 3.8) is 0 Å². The van der Waals surface area contributed by atoms with Crippen molar-refractivity contribution in [2.45, 2.75) is 64.0 Å². The molecular formula is C23H28FN3. The molecule has 1 fully saturated rings. The summed E-state index contributed by atoms with van der Waals surface area (Å²) in [5.41, 5.74) is 4.83. The average molecular weight is 365 g/mol. The van der Waals surface area contributed by atoms with Gasteiger partial charge in [-0.2, -0.15) is 0 Å². The summed E-state index contributed by atoms with van der Waals surface area (Å²) in [5, 5.41) is 6.88. The van der Waals surface area contributed by atoms with Crippen molar-refractivity contribution in [2.75, 3.05) is 0 Å². The van der Waals surface area contributed by atoms with Crippen molar-refractivity contribution in [3.05, 3.63) is 65.5 Å². The lowest BCUT2D eigenvalue weighted by Gasteiger charge is -2.25. The Morgan fingerprint density at radius 2 is 2.11 bits per heavy atom. The number of rotatable bonds is 6. The Hall–Kier alpha value is -2.36. The van der Waals surface area contributed by atoms with Gasteiger partial charge >= 0.3 is 0 Å². The van der Waals surface area contributed by atoms with Crippen LogP contribution in [-0.2, 0) is 0 Å². The molecule has 4 heteroatoms. The lowest BCUT2D eigenvalue weighted by molar-refractivity contribution is 0.411. The third-order valence-electron chi connectivity index (χ3n) is 5.96. The number of benzene rings is 1. The van der Waals surface area contributed by atoms with Crippen LogP contribution in [0.3, 0.4) is 0 Å². The first-order chi connectivity index (χ1) is 13.1. The largest absolute Gasteiger partial charge is 0.386 e. The molecule has 0 radical (unpaired) electrons. The number of halogens is 1. The Bertz CT molecular complexity index is 841. The van der Waals surface area contributed by atoms with Gasteiger partial charge in [-0.15, -0.1) is 0 Å². The van der Waals surface area contributed by atoms with Crippen LogP contribution in [0.15, 0.2) is 48.4 Å². The van der Waals surface area contributed by atoms with Crippen LogP contribution >= 0.6 is 0 Å². The molecule has 1 aromatic carbocycles. The minimum atomic E-state index is -0.170. The molecule has 0 amide bonds. The minimum Gasteiger partial charge on any atom is -0.386 e. The molecule has 0 spiro atoms. The molecule has 0 bridgehead atoms. The number of hydrogen-bond donors (Lipinski definition) is 2. The second kappa shape index (κ2) is 7.71. The molecule has 1 aromatic heterocycles. The van der Waals surface area contributed by atoms with E-state index in [0.29, 0.717) is 17.5 Å². The summed E-state index contributed by atoms with van der Waals surface area (Å²) in [6.07, 6.45) is 9.64. The molecule has 2 aliphatic rings. The second-order valence-corrected chi connectivity index (χ2v) is 7.85. The van der Waals surface area contributed by atoms with Crippen molar-refractivity contribution in [2.24, 2.45) is 0 Å². The molecule has 0 saturated heterocycles. The van der Waals surface area contributed by atoms with Gasteiger partial charge in [0.25, 0.3) is 0 Å². The molecule has 3 nitrogen and oxygen atoms in total. The van der Waals surface area contributed by atoms with Crippen molar-refractivity contribution in [1.82, 2.24) is 15.6 Å². The lowest BCUT2D eigenvalue weighted by atomic mass is 9.82. The van der Waals surface area contributed by atoms with Crippen LogP contribution in [0.4, 0.5) is 4.39 Å². The average Bonchev–Trinajstić information content (AvgIpc) is 3.08. The summed E-state index contributed by atoms with van der Waals surface area (Å²) < 4.78 is 14.9. The van der Waals surface area contributed by atoms with E-state index in [1.54, 1.807) is 6.07 Å². The summed E-state index contributed by atoms with van der Waals surface area (Å²) in [7, 11) is 0. The van der Waals surface area contributed by atoms with Gasteiger partial charge in [0.15, 0.2) is 0 Å². The highest BCUT2D eigenvalue weighted by atomic mass is 19.1. The first kappa shape index (κ1) is 18.0. The lowest BCUT2D eigenvalue weighted by Crippen LogP contribution is -2.20. The Morgan fingerprint density at radius 3 is 2.78 bits per heavy atom. The first-order valence-corrected chi connectivity index (χ1v) is 10.1. The molecule has 2 unspecified atom stereocenters. The monoisotopic (exact) mass is 365 g/mol. The van der Waals surface area contributed by atoms with E-state index in [1.807, 2.05) is 30.6 Å². The molecule has 2 aromatic rings. The van der Waals surface area contributed by atoms with Gasteiger partial charge in [0, 0.05) is 53.8 Å². The van der Waals surface area contributed by atoms with Gasteiger partial charge in [0.05, 0.1) is 0 Å². The van der Waals surface area contributed by atoms with Gasteiger partial charge in [0.1, 0.15) is 5.82 Å². The SMILES string of the molecule is CCC1CC(NC(C)c2ccc(-c3ccnc(C4CCC4)c3)c(F)c2)=CN1. The molecule has 1 aliphatic heterocycles. The fourth-order valence-electron chi connectivity index (χ4n) is 3.90. The first-order valence-electron chi connectivity index (χ1n) is 10.1. The van der Waals surface area contributed by atoms with E-state index in [2.05, 4.69) is 35.5 Å². The molecule has 2 heterocycles. The van der Waals surface area contributed by atoms with Crippen molar-refractivity contribution in [3.8, 4) is 11.1 Å². The predicted molar refractivity (Wildman–Crippen MR) is 108 cm³/mol. The topological polar surface area (TPSA) is 37.0 Å². The van der Waals surface area contributed by atoms with Gasteiger partial charge < -0.3 is 10.6 Å². The van der Waals surface area contributed by atoms with E-state index in [4.69, 9.17) is 0 Å².